The van der Waals surface area contributed by atoms with Crippen LogP contribution in [0.3, 0.4) is 0 Å². The molecule has 0 radical (unpaired) electrons. The van der Waals surface area contributed by atoms with E-state index in [0.717, 1.165) is 19.3 Å². The van der Waals surface area contributed by atoms with Gasteiger partial charge in [0.15, 0.2) is 0 Å². The number of benzene rings is 1. The summed E-state index contributed by atoms with van der Waals surface area (Å²) >= 11 is 1.33. The van der Waals surface area contributed by atoms with E-state index in [1.807, 2.05) is 32.9 Å². The standard InChI is InChI=1S/C19H27NO3S/c1-13(2)18(21)14(3)12-24-20(4)19(22)23-17-11-7-9-15-8-5-6-10-16(15)17/h7,9,11,13-14H,5-6,8,10,12H2,1-4H3. The summed E-state index contributed by atoms with van der Waals surface area (Å²) in [7, 11) is 1.69. The molecule has 1 unspecified atom stereocenters. The maximum atomic E-state index is 12.3. The quantitative estimate of drug-likeness (QED) is 0.709. The highest BCUT2D eigenvalue weighted by Gasteiger charge is 2.21. The van der Waals surface area contributed by atoms with Crippen molar-refractivity contribution in [3.8, 4) is 5.75 Å². The number of amides is 1. The van der Waals surface area contributed by atoms with Crippen LogP contribution in [0.2, 0.25) is 0 Å². The van der Waals surface area contributed by atoms with Crippen LogP contribution in [0, 0.1) is 11.8 Å². The molecule has 1 aromatic carbocycles. The number of carbonyl (C=O) groups is 2. The lowest BCUT2D eigenvalue weighted by atomic mass is 9.91. The zero-order chi connectivity index (χ0) is 17.7. The van der Waals surface area contributed by atoms with Gasteiger partial charge in [0.1, 0.15) is 11.5 Å². The fourth-order valence-electron chi connectivity index (χ4n) is 2.93. The van der Waals surface area contributed by atoms with Crippen LogP contribution < -0.4 is 4.74 Å². The highest BCUT2D eigenvalue weighted by Crippen LogP contribution is 2.30. The van der Waals surface area contributed by atoms with Crippen molar-refractivity contribution in [2.75, 3.05) is 12.8 Å². The van der Waals surface area contributed by atoms with Crippen LogP contribution in [0.1, 0.15) is 44.7 Å². The van der Waals surface area contributed by atoms with Gasteiger partial charge in [-0.1, -0.05) is 32.9 Å². The van der Waals surface area contributed by atoms with Crippen LogP contribution in [0.15, 0.2) is 18.2 Å². The molecular weight excluding hydrogens is 322 g/mol. The molecule has 0 heterocycles. The Hall–Kier alpha value is -1.49. The summed E-state index contributed by atoms with van der Waals surface area (Å²) in [5.41, 5.74) is 2.46. The van der Waals surface area contributed by atoms with Crippen molar-refractivity contribution in [1.82, 2.24) is 4.31 Å². The first-order chi connectivity index (χ1) is 11.4. The summed E-state index contributed by atoms with van der Waals surface area (Å²) in [5.74, 6) is 1.43. The zero-order valence-electron chi connectivity index (χ0n) is 15.0. The van der Waals surface area contributed by atoms with E-state index in [1.54, 1.807) is 7.05 Å². The number of hydrogen-bond donors (Lipinski definition) is 0. The van der Waals surface area contributed by atoms with Gasteiger partial charge in [0.25, 0.3) is 0 Å². The van der Waals surface area contributed by atoms with Gasteiger partial charge in [0.2, 0.25) is 0 Å². The van der Waals surface area contributed by atoms with E-state index < -0.39 is 0 Å². The number of fused-ring (bicyclic) bond motifs is 1. The van der Waals surface area contributed by atoms with Gasteiger partial charge in [0.05, 0.1) is 0 Å². The number of ether oxygens (including phenoxy) is 1. The summed E-state index contributed by atoms with van der Waals surface area (Å²) in [6, 6.07) is 5.93. The minimum absolute atomic E-state index is 0.0219. The van der Waals surface area contributed by atoms with E-state index in [4.69, 9.17) is 4.74 Å². The van der Waals surface area contributed by atoms with Crippen molar-refractivity contribution in [3.05, 3.63) is 29.3 Å². The Morgan fingerprint density at radius 1 is 1.21 bits per heavy atom. The first kappa shape index (κ1) is 18.8. The maximum absolute atomic E-state index is 12.3. The smallest absolute Gasteiger partial charge is 0.409 e. The van der Waals surface area contributed by atoms with Gasteiger partial charge in [-0.25, -0.2) is 4.79 Å². The summed E-state index contributed by atoms with van der Waals surface area (Å²) in [6.07, 6.45) is 3.97. The van der Waals surface area contributed by atoms with Gasteiger partial charge in [-0.05, 0) is 54.8 Å². The van der Waals surface area contributed by atoms with E-state index >= 15 is 0 Å². The molecule has 1 aliphatic carbocycles. The number of aryl methyl sites for hydroxylation is 1. The van der Waals surface area contributed by atoms with Gasteiger partial charge in [-0.2, -0.15) is 0 Å². The van der Waals surface area contributed by atoms with Crippen LogP contribution in [0.5, 0.6) is 5.75 Å². The average Bonchev–Trinajstić information content (AvgIpc) is 2.58. The number of ketones is 1. The summed E-state index contributed by atoms with van der Waals surface area (Å²) in [5, 5.41) is 0. The first-order valence-electron chi connectivity index (χ1n) is 8.63. The minimum atomic E-state index is -0.386. The third-order valence-corrected chi connectivity index (χ3v) is 5.57. The third-order valence-electron chi connectivity index (χ3n) is 4.38. The van der Waals surface area contributed by atoms with Crippen molar-refractivity contribution in [1.29, 1.82) is 0 Å². The SMILES string of the molecule is CC(C)C(=O)C(C)CSN(C)C(=O)Oc1cccc2c1CCCC2. The highest BCUT2D eigenvalue weighted by atomic mass is 32.2. The van der Waals surface area contributed by atoms with Crippen LogP contribution in [-0.4, -0.2) is 29.0 Å². The molecule has 0 spiro atoms. The lowest BCUT2D eigenvalue weighted by molar-refractivity contribution is -0.124. The second kappa shape index (κ2) is 8.56. The first-order valence-corrected chi connectivity index (χ1v) is 9.57. The van der Waals surface area contributed by atoms with E-state index in [-0.39, 0.29) is 23.7 Å². The van der Waals surface area contributed by atoms with Gasteiger partial charge in [-0.3, -0.25) is 9.10 Å². The van der Waals surface area contributed by atoms with E-state index in [0.29, 0.717) is 11.5 Å². The molecule has 1 amide bonds. The van der Waals surface area contributed by atoms with Gasteiger partial charge in [0, 0.05) is 24.6 Å². The molecule has 4 nitrogen and oxygen atoms in total. The molecule has 1 aliphatic rings. The second-order valence-corrected chi connectivity index (χ2v) is 7.86. The predicted octanol–water partition coefficient (Wildman–Crippen LogP) is 4.51. The molecule has 5 heteroatoms. The number of hydrogen-bond acceptors (Lipinski definition) is 4. The Morgan fingerprint density at radius 2 is 1.92 bits per heavy atom. The summed E-state index contributed by atoms with van der Waals surface area (Å²) < 4.78 is 7.07. The van der Waals surface area contributed by atoms with E-state index in [9.17, 15) is 9.59 Å². The predicted molar refractivity (Wildman–Crippen MR) is 98.3 cm³/mol. The van der Waals surface area contributed by atoms with E-state index in [2.05, 4.69) is 6.07 Å². The van der Waals surface area contributed by atoms with Crippen molar-refractivity contribution in [2.24, 2.45) is 11.8 Å². The van der Waals surface area contributed by atoms with Gasteiger partial charge < -0.3 is 4.74 Å². The molecule has 1 aromatic rings. The Balaban J connectivity index is 1.92. The Bertz CT molecular complexity index is 600. The van der Waals surface area contributed by atoms with Crippen LogP contribution in [0.4, 0.5) is 4.79 Å². The molecule has 0 N–H and O–H groups in total. The molecule has 1 atom stereocenters. The Morgan fingerprint density at radius 3 is 2.62 bits per heavy atom. The third kappa shape index (κ3) is 4.76. The summed E-state index contributed by atoms with van der Waals surface area (Å²) in [4.78, 5) is 24.2. The number of carbonyl (C=O) groups excluding carboxylic acids is 2. The Kier molecular flexibility index (Phi) is 6.72. The molecule has 0 aliphatic heterocycles. The zero-order valence-corrected chi connectivity index (χ0v) is 15.8. The monoisotopic (exact) mass is 349 g/mol. The molecule has 0 saturated heterocycles. The average molecular weight is 349 g/mol. The van der Waals surface area contributed by atoms with Gasteiger partial charge in [-0.15, -0.1) is 0 Å². The minimum Gasteiger partial charge on any atom is -0.409 e. The summed E-state index contributed by atoms with van der Waals surface area (Å²) in [6.45, 7) is 5.71. The van der Waals surface area contributed by atoms with Crippen LogP contribution in [-0.2, 0) is 17.6 Å². The van der Waals surface area contributed by atoms with Crippen molar-refractivity contribution in [2.45, 2.75) is 46.5 Å². The molecule has 0 aromatic heterocycles. The highest BCUT2D eigenvalue weighted by molar-refractivity contribution is 7.97. The molecule has 2 rings (SSSR count). The van der Waals surface area contributed by atoms with Crippen LogP contribution in [0.25, 0.3) is 0 Å². The largest absolute Gasteiger partial charge is 0.425 e. The van der Waals surface area contributed by atoms with Gasteiger partial charge >= 0.3 is 6.09 Å². The van der Waals surface area contributed by atoms with Crippen molar-refractivity contribution >= 4 is 23.8 Å². The van der Waals surface area contributed by atoms with Crippen molar-refractivity contribution in [3.63, 3.8) is 0 Å². The lowest BCUT2D eigenvalue weighted by Gasteiger charge is -2.21. The topological polar surface area (TPSA) is 46.6 Å². The fourth-order valence-corrected chi connectivity index (χ4v) is 3.68. The van der Waals surface area contributed by atoms with Crippen LogP contribution >= 0.6 is 11.9 Å². The van der Waals surface area contributed by atoms with Crippen molar-refractivity contribution < 1.29 is 14.3 Å². The molecule has 24 heavy (non-hydrogen) atoms. The second-order valence-electron chi connectivity index (χ2n) is 6.72. The fraction of sp³-hybridized carbons (Fsp3) is 0.579. The molecular formula is C19H27NO3S. The molecule has 132 valence electrons. The molecule has 0 saturated carbocycles. The normalized spacial score (nSPS) is 14.9. The maximum Gasteiger partial charge on any atom is 0.425 e. The van der Waals surface area contributed by atoms with E-state index in [1.165, 1.54) is 33.8 Å². The molecule has 0 fully saturated rings. The lowest BCUT2D eigenvalue weighted by Crippen LogP contribution is -2.27. The number of rotatable bonds is 6. The Labute approximate surface area is 149 Å². The molecule has 0 bridgehead atoms. The number of Topliss-reactive ketones (excluding diaryl/α,β-unsaturated/α-hetero) is 1. The number of nitrogens with zero attached hydrogens (tertiary/aromatic N) is 1.